The number of hydrogen-bond donors (Lipinski definition) is 2. The fraction of sp³-hybridized carbons (Fsp3) is 0.333. The zero-order valence-corrected chi connectivity index (χ0v) is 15.3. The first-order valence-electron chi connectivity index (χ1n) is 8.00. The zero-order chi connectivity index (χ0) is 16.3. The second-order valence-electron chi connectivity index (χ2n) is 5.77. The molecule has 3 rings (SSSR count). The van der Waals surface area contributed by atoms with E-state index in [2.05, 4.69) is 22.2 Å². The molecule has 4 nitrogen and oxygen atoms in total. The van der Waals surface area contributed by atoms with E-state index in [1.54, 1.807) is 12.1 Å². The molecule has 6 heteroatoms. The molecule has 0 fully saturated rings. The lowest BCUT2D eigenvalue weighted by molar-refractivity contribution is 0.491. The van der Waals surface area contributed by atoms with Crippen LogP contribution in [-0.4, -0.2) is 21.5 Å². The molecule has 0 saturated carbocycles. The SMILES string of the molecule is CCc1ccccc1S(=O)(=O)NCC1NCCc2ccccc21.Cl. The molecule has 0 radical (unpaired) electrons. The number of aryl methyl sites for hydroxylation is 1. The van der Waals surface area contributed by atoms with Crippen molar-refractivity contribution in [3.8, 4) is 0 Å². The van der Waals surface area contributed by atoms with Crippen molar-refractivity contribution in [1.29, 1.82) is 0 Å². The van der Waals surface area contributed by atoms with Crippen LogP contribution in [0, 0.1) is 0 Å². The zero-order valence-electron chi connectivity index (χ0n) is 13.7. The number of nitrogens with one attached hydrogen (secondary N) is 2. The van der Waals surface area contributed by atoms with Gasteiger partial charge in [-0.25, -0.2) is 13.1 Å². The van der Waals surface area contributed by atoms with Gasteiger partial charge in [0.1, 0.15) is 0 Å². The Morgan fingerprint density at radius 1 is 1.12 bits per heavy atom. The first kappa shape index (κ1) is 18.9. The summed E-state index contributed by atoms with van der Waals surface area (Å²) in [5.41, 5.74) is 3.33. The summed E-state index contributed by atoms with van der Waals surface area (Å²) < 4.78 is 28.0. The number of benzene rings is 2. The molecule has 0 saturated heterocycles. The van der Waals surface area contributed by atoms with Gasteiger partial charge in [0.25, 0.3) is 0 Å². The normalized spacial score (nSPS) is 17.0. The third-order valence-corrected chi connectivity index (χ3v) is 5.86. The average molecular weight is 367 g/mol. The molecule has 1 unspecified atom stereocenters. The summed E-state index contributed by atoms with van der Waals surface area (Å²) in [7, 11) is -3.49. The van der Waals surface area contributed by atoms with Gasteiger partial charge < -0.3 is 5.32 Å². The summed E-state index contributed by atoms with van der Waals surface area (Å²) in [5.74, 6) is 0. The number of rotatable bonds is 5. The fourth-order valence-electron chi connectivity index (χ4n) is 3.10. The van der Waals surface area contributed by atoms with E-state index in [0.717, 1.165) is 18.5 Å². The van der Waals surface area contributed by atoms with Crippen LogP contribution in [0.15, 0.2) is 53.4 Å². The van der Waals surface area contributed by atoms with Crippen molar-refractivity contribution in [1.82, 2.24) is 10.0 Å². The first-order chi connectivity index (χ1) is 11.1. The van der Waals surface area contributed by atoms with E-state index in [-0.39, 0.29) is 18.4 Å². The Morgan fingerprint density at radius 2 is 1.83 bits per heavy atom. The summed E-state index contributed by atoms with van der Waals surface area (Å²) in [5, 5.41) is 3.40. The predicted octanol–water partition coefficient (Wildman–Crippen LogP) is 2.84. The quantitative estimate of drug-likeness (QED) is 0.855. The lowest BCUT2D eigenvalue weighted by Gasteiger charge is -2.27. The molecule has 0 aromatic heterocycles. The molecule has 1 aliphatic heterocycles. The molecule has 2 aromatic rings. The highest BCUT2D eigenvalue weighted by Gasteiger charge is 2.23. The molecule has 2 N–H and O–H groups in total. The first-order valence-corrected chi connectivity index (χ1v) is 9.49. The molecule has 1 atom stereocenters. The highest BCUT2D eigenvalue weighted by Crippen LogP contribution is 2.23. The van der Waals surface area contributed by atoms with Crippen molar-refractivity contribution in [2.75, 3.05) is 13.1 Å². The lowest BCUT2D eigenvalue weighted by atomic mass is 9.95. The van der Waals surface area contributed by atoms with Crippen molar-refractivity contribution in [3.63, 3.8) is 0 Å². The van der Waals surface area contributed by atoms with Crippen LogP contribution in [0.3, 0.4) is 0 Å². The largest absolute Gasteiger partial charge is 0.308 e. The van der Waals surface area contributed by atoms with Gasteiger partial charge in [0.05, 0.1) is 4.90 Å². The summed E-state index contributed by atoms with van der Waals surface area (Å²) in [6.45, 7) is 3.19. The Bertz CT molecular complexity index is 793. The monoisotopic (exact) mass is 366 g/mol. The van der Waals surface area contributed by atoms with Crippen molar-refractivity contribution in [3.05, 3.63) is 65.2 Å². The van der Waals surface area contributed by atoms with Crippen LogP contribution < -0.4 is 10.0 Å². The number of sulfonamides is 1. The molecular weight excluding hydrogens is 344 g/mol. The van der Waals surface area contributed by atoms with Gasteiger partial charge in [0.2, 0.25) is 10.0 Å². The van der Waals surface area contributed by atoms with Gasteiger partial charge in [-0.1, -0.05) is 49.4 Å². The van der Waals surface area contributed by atoms with Gasteiger partial charge in [-0.15, -0.1) is 12.4 Å². The van der Waals surface area contributed by atoms with E-state index in [4.69, 9.17) is 0 Å². The maximum absolute atomic E-state index is 12.6. The van der Waals surface area contributed by atoms with Crippen LogP contribution in [0.5, 0.6) is 0 Å². The van der Waals surface area contributed by atoms with E-state index in [9.17, 15) is 8.42 Å². The molecule has 24 heavy (non-hydrogen) atoms. The van der Waals surface area contributed by atoms with Crippen molar-refractivity contribution >= 4 is 22.4 Å². The molecule has 0 amide bonds. The maximum atomic E-state index is 12.6. The number of fused-ring (bicyclic) bond motifs is 1. The minimum Gasteiger partial charge on any atom is -0.308 e. The van der Waals surface area contributed by atoms with Gasteiger partial charge in [0, 0.05) is 12.6 Å². The summed E-state index contributed by atoms with van der Waals surface area (Å²) in [6, 6.07) is 15.4. The Labute approximate surface area is 150 Å². The molecule has 130 valence electrons. The topological polar surface area (TPSA) is 58.2 Å². The van der Waals surface area contributed by atoms with E-state index < -0.39 is 10.0 Å². The van der Waals surface area contributed by atoms with Crippen LogP contribution in [0.2, 0.25) is 0 Å². The highest BCUT2D eigenvalue weighted by atomic mass is 35.5. The smallest absolute Gasteiger partial charge is 0.240 e. The van der Waals surface area contributed by atoms with E-state index in [0.29, 0.717) is 17.9 Å². The molecule has 1 aliphatic rings. The van der Waals surface area contributed by atoms with E-state index in [1.807, 2.05) is 31.2 Å². The fourth-order valence-corrected chi connectivity index (χ4v) is 4.46. The van der Waals surface area contributed by atoms with Gasteiger partial charge >= 0.3 is 0 Å². The Morgan fingerprint density at radius 3 is 2.62 bits per heavy atom. The highest BCUT2D eigenvalue weighted by molar-refractivity contribution is 7.89. The van der Waals surface area contributed by atoms with Crippen molar-refractivity contribution in [2.45, 2.75) is 30.7 Å². The van der Waals surface area contributed by atoms with Crippen LogP contribution in [0.1, 0.15) is 29.7 Å². The summed E-state index contributed by atoms with van der Waals surface area (Å²) in [6.07, 6.45) is 1.68. The second-order valence-corrected chi connectivity index (χ2v) is 7.50. The van der Waals surface area contributed by atoms with Crippen LogP contribution >= 0.6 is 12.4 Å². The number of hydrogen-bond acceptors (Lipinski definition) is 3. The summed E-state index contributed by atoms with van der Waals surface area (Å²) >= 11 is 0. The minimum atomic E-state index is -3.49. The van der Waals surface area contributed by atoms with Gasteiger partial charge in [-0.05, 0) is 42.1 Å². The van der Waals surface area contributed by atoms with Gasteiger partial charge in [-0.2, -0.15) is 0 Å². The third-order valence-electron chi connectivity index (χ3n) is 4.34. The summed E-state index contributed by atoms with van der Waals surface area (Å²) in [4.78, 5) is 0.381. The predicted molar refractivity (Wildman–Crippen MR) is 99.1 cm³/mol. The maximum Gasteiger partial charge on any atom is 0.240 e. The van der Waals surface area contributed by atoms with Crippen molar-refractivity contribution < 1.29 is 8.42 Å². The standard InChI is InChI=1S/C18H22N2O2S.ClH/c1-2-14-7-4-6-10-18(14)23(21,22)20-13-17-16-9-5-3-8-15(16)11-12-19-17;/h3-10,17,19-20H,2,11-13H2,1H3;1H. The van der Waals surface area contributed by atoms with E-state index >= 15 is 0 Å². The molecule has 0 aliphatic carbocycles. The van der Waals surface area contributed by atoms with Gasteiger partial charge in [0.15, 0.2) is 0 Å². The molecule has 0 bridgehead atoms. The second kappa shape index (κ2) is 8.12. The molecular formula is C18H23ClN2O2S. The average Bonchev–Trinajstić information content (AvgIpc) is 2.60. The third kappa shape index (κ3) is 3.98. The minimum absolute atomic E-state index is 0. The molecule has 1 heterocycles. The van der Waals surface area contributed by atoms with Crippen LogP contribution in [0.4, 0.5) is 0 Å². The Balaban J connectivity index is 0.00000208. The van der Waals surface area contributed by atoms with Crippen LogP contribution in [0.25, 0.3) is 0 Å². The van der Waals surface area contributed by atoms with Crippen molar-refractivity contribution in [2.24, 2.45) is 0 Å². The molecule has 0 spiro atoms. The number of halogens is 1. The lowest BCUT2D eigenvalue weighted by Crippen LogP contribution is -2.39. The van der Waals surface area contributed by atoms with Gasteiger partial charge in [-0.3, -0.25) is 0 Å². The van der Waals surface area contributed by atoms with Crippen LogP contribution in [-0.2, 0) is 22.9 Å². The van der Waals surface area contributed by atoms with E-state index in [1.165, 1.54) is 11.1 Å². The Kier molecular flexibility index (Phi) is 6.40. The molecule has 2 aromatic carbocycles. The Hall–Kier alpha value is -1.40.